The van der Waals surface area contributed by atoms with Crippen LogP contribution in [0.4, 0.5) is 0 Å². The van der Waals surface area contributed by atoms with E-state index in [1.54, 1.807) is 13.1 Å². The molecule has 3 heterocycles. The lowest BCUT2D eigenvalue weighted by Crippen LogP contribution is -2.59. The Labute approximate surface area is 315 Å². The van der Waals surface area contributed by atoms with Crippen molar-refractivity contribution < 1.29 is 43.4 Å². The van der Waals surface area contributed by atoms with E-state index in [2.05, 4.69) is 73.9 Å². The first-order chi connectivity index (χ1) is 24.1. The number of aliphatic imine (C=N–C) groups is 1. The molecular weight excluding hydrogens is 662 g/mol. The van der Waals surface area contributed by atoms with Crippen LogP contribution in [-0.4, -0.2) is 96.0 Å². The van der Waals surface area contributed by atoms with Gasteiger partial charge in [-0.25, -0.2) is 0 Å². The van der Waals surface area contributed by atoms with Crippen LogP contribution in [0.1, 0.15) is 123 Å². The van der Waals surface area contributed by atoms with Crippen LogP contribution < -0.4 is 0 Å². The molecule has 0 aromatic carbocycles. The fourth-order valence-corrected chi connectivity index (χ4v) is 9.27. The second kappa shape index (κ2) is 18.0. The van der Waals surface area contributed by atoms with E-state index in [9.17, 15) is 15.0 Å². The molecule has 0 amide bonds. The molecular formula is C42H75NO9. The molecule has 10 heteroatoms. The Morgan fingerprint density at radius 2 is 1.58 bits per heavy atom. The zero-order chi connectivity index (χ0) is 39.5. The van der Waals surface area contributed by atoms with Crippen molar-refractivity contribution in [2.24, 2.45) is 51.8 Å². The molecule has 3 saturated heterocycles. The minimum atomic E-state index is -1.76. The van der Waals surface area contributed by atoms with Crippen LogP contribution >= 0.6 is 0 Å². The van der Waals surface area contributed by atoms with Crippen LogP contribution in [0.5, 0.6) is 0 Å². The summed E-state index contributed by atoms with van der Waals surface area (Å²) in [6.45, 7) is 32.6. The Kier molecular flexibility index (Phi) is 15.6. The molecule has 0 saturated carbocycles. The molecule has 0 unspecified atom stereocenters. The van der Waals surface area contributed by atoms with Crippen molar-refractivity contribution in [3.8, 4) is 0 Å². The van der Waals surface area contributed by atoms with Gasteiger partial charge < -0.3 is 38.6 Å². The molecule has 0 radical (unpaired) electrons. The van der Waals surface area contributed by atoms with Crippen LogP contribution in [0.3, 0.4) is 0 Å². The first-order valence-corrected chi connectivity index (χ1v) is 20.0. The van der Waals surface area contributed by atoms with Gasteiger partial charge in [-0.1, -0.05) is 68.4 Å². The number of cyclic esters (lactones) is 1. The average molecular weight is 738 g/mol. The number of rotatable bonds is 8. The van der Waals surface area contributed by atoms with Gasteiger partial charge in [0.2, 0.25) is 0 Å². The molecule has 0 aromatic rings. The van der Waals surface area contributed by atoms with Gasteiger partial charge in [-0.15, -0.1) is 6.58 Å². The quantitative estimate of drug-likeness (QED) is 0.194. The van der Waals surface area contributed by atoms with Gasteiger partial charge in [-0.05, 0) is 77.0 Å². The second-order valence-corrected chi connectivity index (χ2v) is 17.9. The van der Waals surface area contributed by atoms with Gasteiger partial charge in [0.15, 0.2) is 12.6 Å². The highest BCUT2D eigenvalue weighted by molar-refractivity contribution is 5.89. The molecule has 3 aliphatic heterocycles. The zero-order valence-electron chi connectivity index (χ0n) is 35.2. The Hall–Kier alpha value is -1.40. The van der Waals surface area contributed by atoms with Gasteiger partial charge in [-0.3, -0.25) is 9.79 Å². The lowest BCUT2D eigenvalue weighted by molar-refractivity contribution is -0.304. The summed E-state index contributed by atoms with van der Waals surface area (Å²) in [6.07, 6.45) is -0.756. The fourth-order valence-electron chi connectivity index (χ4n) is 9.27. The van der Waals surface area contributed by atoms with E-state index in [1.165, 1.54) is 6.92 Å². The number of aliphatic hydroxyl groups excluding tert-OH is 1. The summed E-state index contributed by atoms with van der Waals surface area (Å²) in [7, 11) is 1.71. The normalized spacial score (nSPS) is 47.8. The van der Waals surface area contributed by atoms with Crippen molar-refractivity contribution >= 4 is 11.7 Å². The number of carbonyl (C=O) groups is 1. The maximum absolute atomic E-state index is 14.3. The van der Waals surface area contributed by atoms with Gasteiger partial charge in [0.1, 0.15) is 11.7 Å². The number of hydrogen-bond acceptors (Lipinski definition) is 10. The van der Waals surface area contributed by atoms with E-state index in [0.29, 0.717) is 31.1 Å². The number of carbonyl (C=O) groups excluding carboxylic acids is 1. The third-order valence-electron chi connectivity index (χ3n) is 13.3. The summed E-state index contributed by atoms with van der Waals surface area (Å²) >= 11 is 0. The van der Waals surface area contributed by atoms with Gasteiger partial charge >= 0.3 is 5.97 Å². The predicted molar refractivity (Wildman–Crippen MR) is 205 cm³/mol. The van der Waals surface area contributed by atoms with E-state index in [1.807, 2.05) is 27.7 Å². The van der Waals surface area contributed by atoms with E-state index < -0.39 is 71.9 Å². The van der Waals surface area contributed by atoms with Crippen molar-refractivity contribution in [3.63, 3.8) is 0 Å². The molecule has 2 N–H and O–H groups in total. The molecule has 0 bridgehead atoms. The highest BCUT2D eigenvalue weighted by Gasteiger charge is 2.53. The number of esters is 1. The third-order valence-corrected chi connectivity index (χ3v) is 13.3. The number of nitrogens with zero attached hydrogens (tertiary/aromatic N) is 1. The average Bonchev–Trinajstić information content (AvgIpc) is 3.06. The predicted octanol–water partition coefficient (Wildman–Crippen LogP) is 7.38. The standard InChI is InChI=1S/C42H75NO9/c1-17-19-47-41(14)21-24(4)34(43-16)27(7)36(44)42(15,46)32(18-2)50-38(45)29(9)35(51-33-22-40(12,13)30(10)31(11)49-33)28(8)37(41)52-39-26(6)23(3)20-25(5)48-39/h17,23-33,35-37,39,44,46H,1,18-22H2,2-16H3/t23-,24+,25+,26+,27-,28-,29+,30-,31-,32+,33-,35-,36+,37+,39-,41-,42+/m0/s1. The molecule has 0 aliphatic carbocycles. The topological polar surface area (TPSA) is 125 Å². The van der Waals surface area contributed by atoms with E-state index in [0.717, 1.165) is 12.1 Å². The first-order valence-electron chi connectivity index (χ1n) is 20.0. The summed E-state index contributed by atoms with van der Waals surface area (Å²) in [4.78, 5) is 19.0. The maximum atomic E-state index is 14.3. The van der Waals surface area contributed by atoms with Gasteiger partial charge in [-0.2, -0.15) is 0 Å². The van der Waals surface area contributed by atoms with Crippen molar-refractivity contribution in [3.05, 3.63) is 12.7 Å². The Morgan fingerprint density at radius 3 is 2.13 bits per heavy atom. The molecule has 3 aliphatic rings. The van der Waals surface area contributed by atoms with Gasteiger partial charge in [0.25, 0.3) is 0 Å². The minimum Gasteiger partial charge on any atom is -0.459 e. The molecule has 52 heavy (non-hydrogen) atoms. The number of aliphatic hydroxyl groups is 2. The SMILES string of the molecule is C=CCO[C@@]1(C)C[C@@H](C)C(=NC)[C@H](C)[C@@H](O)[C@](C)(O)[C@@H](CC)OC(=O)[C@H](C)[C@@H](O[C@H]2CC(C)(C)[C@@H](C)[C@H](C)O2)[C@H](C)[C@H]1O[C@@H]1O[C@H](C)C[C@H](C)[C@H]1C. The van der Waals surface area contributed by atoms with Crippen LogP contribution in [0.25, 0.3) is 0 Å². The third kappa shape index (κ3) is 9.87. The highest BCUT2D eigenvalue weighted by Crippen LogP contribution is 2.45. The zero-order valence-corrected chi connectivity index (χ0v) is 35.2. The summed E-state index contributed by atoms with van der Waals surface area (Å²) in [5.74, 6) is -1.78. The van der Waals surface area contributed by atoms with Crippen molar-refractivity contribution in [1.82, 2.24) is 0 Å². The minimum absolute atomic E-state index is 0.00603. The lowest BCUT2D eigenvalue weighted by Gasteiger charge is -2.50. The smallest absolute Gasteiger partial charge is 0.311 e. The van der Waals surface area contributed by atoms with Gasteiger partial charge in [0, 0.05) is 36.9 Å². The monoisotopic (exact) mass is 738 g/mol. The van der Waals surface area contributed by atoms with Crippen LogP contribution in [0.2, 0.25) is 0 Å². The van der Waals surface area contributed by atoms with Crippen molar-refractivity contribution in [2.45, 2.75) is 183 Å². The molecule has 17 atom stereocenters. The molecule has 3 fully saturated rings. The lowest BCUT2D eigenvalue weighted by atomic mass is 9.72. The summed E-state index contributed by atoms with van der Waals surface area (Å²) in [5, 5.41) is 23.6. The molecule has 3 rings (SSSR count). The van der Waals surface area contributed by atoms with Gasteiger partial charge in [0.05, 0.1) is 48.6 Å². The van der Waals surface area contributed by atoms with Crippen molar-refractivity contribution in [2.75, 3.05) is 13.7 Å². The number of hydrogen-bond donors (Lipinski definition) is 2. The van der Waals surface area contributed by atoms with E-state index in [-0.39, 0.29) is 36.1 Å². The van der Waals surface area contributed by atoms with Crippen LogP contribution in [0, 0.1) is 46.8 Å². The molecule has 10 nitrogen and oxygen atoms in total. The summed E-state index contributed by atoms with van der Waals surface area (Å²) < 4.78 is 40.2. The highest BCUT2D eigenvalue weighted by atomic mass is 16.7. The van der Waals surface area contributed by atoms with Crippen LogP contribution in [0.15, 0.2) is 17.6 Å². The number of ether oxygens (including phenoxy) is 6. The van der Waals surface area contributed by atoms with Crippen LogP contribution in [-0.2, 0) is 33.2 Å². The Balaban J connectivity index is 2.27. The first kappa shape index (κ1) is 45.0. The molecule has 302 valence electrons. The summed E-state index contributed by atoms with van der Waals surface area (Å²) in [5.41, 5.74) is -2.09. The molecule has 0 aromatic heterocycles. The van der Waals surface area contributed by atoms with Crippen molar-refractivity contribution in [1.29, 1.82) is 0 Å². The van der Waals surface area contributed by atoms with E-state index >= 15 is 0 Å². The second-order valence-electron chi connectivity index (χ2n) is 17.9. The van der Waals surface area contributed by atoms with E-state index in [4.69, 9.17) is 28.4 Å². The maximum Gasteiger partial charge on any atom is 0.311 e. The Morgan fingerprint density at radius 1 is 0.942 bits per heavy atom. The largest absolute Gasteiger partial charge is 0.459 e. The Bertz CT molecular complexity index is 1210. The summed E-state index contributed by atoms with van der Waals surface area (Å²) in [6, 6.07) is 0. The molecule has 0 spiro atoms. The fraction of sp³-hybridized carbons (Fsp3) is 0.905.